The lowest BCUT2D eigenvalue weighted by Crippen LogP contribution is -2.35. The van der Waals surface area contributed by atoms with Gasteiger partial charge >= 0.3 is 5.97 Å². The number of nitrogens with zero attached hydrogens (tertiary/aromatic N) is 1. The van der Waals surface area contributed by atoms with Crippen molar-refractivity contribution in [3.05, 3.63) is 29.8 Å². The predicted octanol–water partition coefficient (Wildman–Crippen LogP) is 2.18. The van der Waals surface area contributed by atoms with Crippen molar-refractivity contribution in [3.63, 3.8) is 0 Å². The third-order valence-electron chi connectivity index (χ3n) is 3.14. The summed E-state index contributed by atoms with van der Waals surface area (Å²) in [6.07, 6.45) is 0. The van der Waals surface area contributed by atoms with Crippen molar-refractivity contribution in [1.29, 1.82) is 0 Å². The molecule has 0 saturated heterocycles. The van der Waals surface area contributed by atoms with Gasteiger partial charge in [0.05, 0.1) is 19.8 Å². The Kier molecular flexibility index (Phi) is 7.04. The first kappa shape index (κ1) is 16.5. The van der Waals surface area contributed by atoms with Crippen molar-refractivity contribution in [2.24, 2.45) is 0 Å². The zero-order valence-electron chi connectivity index (χ0n) is 12.3. The molecule has 1 aromatic carbocycles. The number of carboxylic acids is 1. The van der Waals surface area contributed by atoms with Gasteiger partial charge in [-0.1, -0.05) is 18.2 Å². The molecule has 0 bridgehead atoms. The maximum Gasteiger partial charge on any atom is 0.317 e. The molecule has 1 rings (SSSR count). The van der Waals surface area contributed by atoms with Gasteiger partial charge < -0.3 is 14.6 Å². The first-order valence-corrected chi connectivity index (χ1v) is 6.76. The molecule has 0 saturated carbocycles. The van der Waals surface area contributed by atoms with Crippen molar-refractivity contribution < 1.29 is 19.4 Å². The summed E-state index contributed by atoms with van der Waals surface area (Å²) < 4.78 is 10.7. The number of ether oxygens (including phenoxy) is 2. The fourth-order valence-corrected chi connectivity index (χ4v) is 2.10. The van der Waals surface area contributed by atoms with Gasteiger partial charge in [-0.05, 0) is 19.9 Å². The number of aliphatic carboxylic acids is 1. The average molecular weight is 281 g/mol. The number of hydrogen-bond acceptors (Lipinski definition) is 4. The summed E-state index contributed by atoms with van der Waals surface area (Å²) in [5.41, 5.74) is 0.992. The Morgan fingerprint density at radius 3 is 2.70 bits per heavy atom. The predicted molar refractivity (Wildman–Crippen MR) is 77.1 cm³/mol. The molecule has 0 aliphatic heterocycles. The van der Waals surface area contributed by atoms with Gasteiger partial charge in [0.1, 0.15) is 5.75 Å². The monoisotopic (exact) mass is 281 g/mol. The Hall–Kier alpha value is -1.59. The Morgan fingerprint density at radius 1 is 1.40 bits per heavy atom. The summed E-state index contributed by atoms with van der Waals surface area (Å²) >= 11 is 0. The molecule has 1 atom stereocenters. The standard InChI is InChI=1S/C15H23NO4/c1-4-20-14-8-6-5-7-13(14)12(2)16(9-10-19-3)11-15(17)18/h5-8,12H,4,9-11H2,1-3H3,(H,17,18). The lowest BCUT2D eigenvalue weighted by Gasteiger charge is -2.28. The molecule has 5 nitrogen and oxygen atoms in total. The highest BCUT2D eigenvalue weighted by atomic mass is 16.5. The fraction of sp³-hybridized carbons (Fsp3) is 0.533. The Bertz CT molecular complexity index is 422. The lowest BCUT2D eigenvalue weighted by molar-refractivity contribution is -0.139. The van der Waals surface area contributed by atoms with Crippen LogP contribution < -0.4 is 4.74 Å². The largest absolute Gasteiger partial charge is 0.494 e. The summed E-state index contributed by atoms with van der Waals surface area (Å²) in [4.78, 5) is 12.9. The highest BCUT2D eigenvalue weighted by Crippen LogP contribution is 2.28. The first-order valence-electron chi connectivity index (χ1n) is 6.76. The maximum absolute atomic E-state index is 11.0. The minimum atomic E-state index is -0.846. The van der Waals surface area contributed by atoms with Crippen LogP contribution in [0.15, 0.2) is 24.3 Å². The Balaban J connectivity index is 2.91. The second-order valence-electron chi connectivity index (χ2n) is 4.50. The number of carboxylic acid groups (broad SMARTS) is 1. The molecule has 0 aromatic heterocycles. The van der Waals surface area contributed by atoms with Gasteiger partial charge in [-0.15, -0.1) is 0 Å². The number of methoxy groups -OCH3 is 1. The number of carbonyl (C=O) groups is 1. The second-order valence-corrected chi connectivity index (χ2v) is 4.50. The van der Waals surface area contributed by atoms with Gasteiger partial charge in [0.25, 0.3) is 0 Å². The highest BCUT2D eigenvalue weighted by Gasteiger charge is 2.20. The molecule has 20 heavy (non-hydrogen) atoms. The number of rotatable bonds is 9. The summed E-state index contributed by atoms with van der Waals surface area (Å²) in [6.45, 7) is 5.53. The SMILES string of the molecule is CCOc1ccccc1C(C)N(CCOC)CC(=O)O. The molecule has 0 fully saturated rings. The van der Waals surface area contributed by atoms with E-state index >= 15 is 0 Å². The molecule has 1 aromatic rings. The molecule has 5 heteroatoms. The second kappa shape index (κ2) is 8.55. The zero-order chi connectivity index (χ0) is 15.0. The summed E-state index contributed by atoms with van der Waals surface area (Å²) in [6, 6.07) is 7.67. The van der Waals surface area contributed by atoms with Crippen molar-refractivity contribution >= 4 is 5.97 Å². The van der Waals surface area contributed by atoms with E-state index in [1.54, 1.807) is 7.11 Å². The molecule has 112 valence electrons. The smallest absolute Gasteiger partial charge is 0.317 e. The van der Waals surface area contributed by atoms with Crippen LogP contribution in [0.5, 0.6) is 5.75 Å². The van der Waals surface area contributed by atoms with Gasteiger partial charge in [-0.25, -0.2) is 0 Å². The van der Waals surface area contributed by atoms with Crippen LogP contribution >= 0.6 is 0 Å². The van der Waals surface area contributed by atoms with E-state index in [0.29, 0.717) is 19.8 Å². The van der Waals surface area contributed by atoms with Crippen LogP contribution in [0.4, 0.5) is 0 Å². The van der Waals surface area contributed by atoms with E-state index in [-0.39, 0.29) is 12.6 Å². The summed E-state index contributed by atoms with van der Waals surface area (Å²) in [5.74, 6) is -0.0443. The van der Waals surface area contributed by atoms with Crippen molar-refractivity contribution in [3.8, 4) is 5.75 Å². The molecule has 0 aliphatic carbocycles. The van der Waals surface area contributed by atoms with Crippen LogP contribution in [0.3, 0.4) is 0 Å². The van der Waals surface area contributed by atoms with Gasteiger partial charge in [0.2, 0.25) is 0 Å². The van der Waals surface area contributed by atoms with Gasteiger partial charge in [0, 0.05) is 25.3 Å². The van der Waals surface area contributed by atoms with E-state index < -0.39 is 5.97 Å². The molecule has 0 radical (unpaired) electrons. The minimum Gasteiger partial charge on any atom is -0.494 e. The van der Waals surface area contributed by atoms with Gasteiger partial charge in [0.15, 0.2) is 0 Å². The van der Waals surface area contributed by atoms with Crippen molar-refractivity contribution in [1.82, 2.24) is 4.90 Å². The van der Waals surface area contributed by atoms with Crippen molar-refractivity contribution in [2.75, 3.05) is 33.4 Å². The number of para-hydroxylation sites is 1. The van der Waals surface area contributed by atoms with Crippen LogP contribution in [0.1, 0.15) is 25.5 Å². The van der Waals surface area contributed by atoms with E-state index in [4.69, 9.17) is 14.6 Å². The number of hydrogen-bond donors (Lipinski definition) is 1. The average Bonchev–Trinajstić information content (AvgIpc) is 2.43. The molecular formula is C15H23NO4. The van der Waals surface area contributed by atoms with Crippen LogP contribution in [-0.2, 0) is 9.53 Å². The van der Waals surface area contributed by atoms with E-state index in [1.165, 1.54) is 0 Å². The van der Waals surface area contributed by atoms with Gasteiger partial charge in [-0.3, -0.25) is 9.69 Å². The third-order valence-corrected chi connectivity index (χ3v) is 3.14. The van der Waals surface area contributed by atoms with E-state index in [2.05, 4.69) is 0 Å². The normalized spacial score (nSPS) is 12.4. The Morgan fingerprint density at radius 2 is 2.10 bits per heavy atom. The fourth-order valence-electron chi connectivity index (χ4n) is 2.10. The van der Waals surface area contributed by atoms with Crippen LogP contribution in [0, 0.1) is 0 Å². The topological polar surface area (TPSA) is 59.0 Å². The summed E-state index contributed by atoms with van der Waals surface area (Å²) in [7, 11) is 1.61. The Labute approximate surface area is 120 Å². The molecule has 0 heterocycles. The van der Waals surface area contributed by atoms with Crippen LogP contribution in [0.25, 0.3) is 0 Å². The van der Waals surface area contributed by atoms with E-state index in [1.807, 2.05) is 43.0 Å². The highest BCUT2D eigenvalue weighted by molar-refractivity contribution is 5.69. The maximum atomic E-state index is 11.0. The van der Waals surface area contributed by atoms with Crippen molar-refractivity contribution in [2.45, 2.75) is 19.9 Å². The van der Waals surface area contributed by atoms with E-state index in [9.17, 15) is 4.79 Å². The number of benzene rings is 1. The van der Waals surface area contributed by atoms with E-state index in [0.717, 1.165) is 11.3 Å². The minimum absolute atomic E-state index is 0.0228. The quantitative estimate of drug-likeness (QED) is 0.752. The summed E-state index contributed by atoms with van der Waals surface area (Å²) in [5, 5.41) is 9.04. The molecule has 1 unspecified atom stereocenters. The first-order chi connectivity index (χ1) is 9.60. The molecule has 0 amide bonds. The van der Waals surface area contributed by atoms with Crippen LogP contribution in [-0.4, -0.2) is 49.4 Å². The van der Waals surface area contributed by atoms with Gasteiger partial charge in [-0.2, -0.15) is 0 Å². The molecular weight excluding hydrogens is 258 g/mol. The molecule has 1 N–H and O–H groups in total. The lowest BCUT2D eigenvalue weighted by atomic mass is 10.1. The zero-order valence-corrected chi connectivity index (χ0v) is 12.3. The molecule has 0 spiro atoms. The van der Waals surface area contributed by atoms with Crippen LogP contribution in [0.2, 0.25) is 0 Å². The molecule has 0 aliphatic rings. The third kappa shape index (κ3) is 4.83.